The summed E-state index contributed by atoms with van der Waals surface area (Å²) in [7, 11) is -1.65. The highest BCUT2D eigenvalue weighted by molar-refractivity contribution is 7.89. The molecule has 25 heavy (non-hydrogen) atoms. The van der Waals surface area contributed by atoms with Crippen LogP contribution in [0.2, 0.25) is 0 Å². The minimum Gasteiger partial charge on any atom is -0.304 e. The molecule has 1 fully saturated rings. The molecule has 1 atom stereocenters. The molecular weight excluding hydrogens is 361 g/mol. The predicted molar refractivity (Wildman–Crippen MR) is 97.7 cm³/mol. The van der Waals surface area contributed by atoms with Crippen molar-refractivity contribution in [2.45, 2.75) is 10.9 Å². The zero-order chi connectivity index (χ0) is 17.9. The number of sulfonamides is 1. The second kappa shape index (κ2) is 7.92. The van der Waals surface area contributed by atoms with Crippen molar-refractivity contribution in [2.24, 2.45) is 0 Å². The lowest BCUT2D eigenvalue weighted by molar-refractivity contribution is 0.114. The quantitative estimate of drug-likeness (QED) is 0.831. The van der Waals surface area contributed by atoms with Crippen LogP contribution < -0.4 is 4.72 Å². The maximum absolute atomic E-state index is 13.3. The minimum atomic E-state index is -3.74. The van der Waals surface area contributed by atoms with Gasteiger partial charge in [0.15, 0.2) is 0 Å². The molecule has 0 radical (unpaired) electrons. The molecule has 5 nitrogen and oxygen atoms in total. The molecule has 0 bridgehead atoms. The van der Waals surface area contributed by atoms with E-state index < -0.39 is 15.8 Å². The molecule has 3 rings (SSSR count). The SMILES string of the molecule is CN1CCN([C@@H](CNS(=O)(=O)c2cccc(F)c2)c2cccs2)CC1. The topological polar surface area (TPSA) is 52.6 Å². The van der Waals surface area contributed by atoms with Gasteiger partial charge >= 0.3 is 0 Å². The van der Waals surface area contributed by atoms with Crippen LogP contribution in [0.1, 0.15) is 10.9 Å². The first-order valence-corrected chi connectivity index (χ1v) is 10.5. The third-order valence-corrected chi connectivity index (χ3v) is 6.82. The van der Waals surface area contributed by atoms with Gasteiger partial charge in [0.05, 0.1) is 10.9 Å². The maximum atomic E-state index is 13.3. The molecule has 136 valence electrons. The molecule has 0 saturated carbocycles. The molecule has 1 aromatic carbocycles. The summed E-state index contributed by atoms with van der Waals surface area (Å²) in [6, 6.07) is 9.07. The number of thiophene rings is 1. The number of hydrogen-bond acceptors (Lipinski definition) is 5. The molecule has 0 amide bonds. The van der Waals surface area contributed by atoms with Crippen LogP contribution in [-0.4, -0.2) is 58.0 Å². The van der Waals surface area contributed by atoms with Gasteiger partial charge in [0, 0.05) is 37.6 Å². The highest BCUT2D eigenvalue weighted by Gasteiger charge is 2.26. The lowest BCUT2D eigenvalue weighted by Crippen LogP contribution is -2.48. The predicted octanol–water partition coefficient (Wildman–Crippen LogP) is 2.15. The van der Waals surface area contributed by atoms with Gasteiger partial charge in [0.2, 0.25) is 10.0 Å². The number of nitrogens with one attached hydrogen (secondary N) is 1. The van der Waals surface area contributed by atoms with Gasteiger partial charge in [-0.25, -0.2) is 17.5 Å². The molecule has 2 aromatic rings. The Kier molecular flexibility index (Phi) is 5.85. The van der Waals surface area contributed by atoms with E-state index in [2.05, 4.69) is 21.6 Å². The average Bonchev–Trinajstić information content (AvgIpc) is 3.11. The van der Waals surface area contributed by atoms with E-state index in [9.17, 15) is 12.8 Å². The van der Waals surface area contributed by atoms with E-state index in [4.69, 9.17) is 0 Å². The van der Waals surface area contributed by atoms with Crippen LogP contribution >= 0.6 is 11.3 Å². The van der Waals surface area contributed by atoms with Crippen LogP contribution in [0, 0.1) is 5.82 Å². The van der Waals surface area contributed by atoms with E-state index in [0.29, 0.717) is 0 Å². The standard InChI is InChI=1S/C17H22FN3O2S2/c1-20-7-9-21(10-8-20)16(17-6-3-11-24-17)13-19-25(22,23)15-5-2-4-14(18)12-15/h2-6,11-12,16,19H,7-10,13H2,1H3/t16-/m0/s1. The molecule has 0 spiro atoms. The zero-order valence-corrected chi connectivity index (χ0v) is 15.7. The van der Waals surface area contributed by atoms with Gasteiger partial charge in [-0.1, -0.05) is 12.1 Å². The van der Waals surface area contributed by atoms with Crippen LogP contribution in [0.5, 0.6) is 0 Å². The van der Waals surface area contributed by atoms with E-state index in [-0.39, 0.29) is 17.5 Å². The van der Waals surface area contributed by atoms with Crippen molar-refractivity contribution < 1.29 is 12.8 Å². The Balaban J connectivity index is 1.74. The molecule has 1 saturated heterocycles. The minimum absolute atomic E-state index is 0.0166. The Morgan fingerprint density at radius 2 is 1.96 bits per heavy atom. The van der Waals surface area contributed by atoms with E-state index in [1.807, 2.05) is 17.5 Å². The van der Waals surface area contributed by atoms with Gasteiger partial charge in [-0.2, -0.15) is 0 Å². The second-order valence-electron chi connectivity index (χ2n) is 6.18. The molecule has 1 aliphatic rings. The summed E-state index contributed by atoms with van der Waals surface area (Å²) in [5, 5.41) is 2.00. The van der Waals surface area contributed by atoms with E-state index >= 15 is 0 Å². The Morgan fingerprint density at radius 3 is 2.60 bits per heavy atom. The molecule has 8 heteroatoms. The van der Waals surface area contributed by atoms with Gasteiger partial charge in [-0.3, -0.25) is 4.90 Å². The van der Waals surface area contributed by atoms with Crippen molar-refractivity contribution in [1.29, 1.82) is 0 Å². The van der Waals surface area contributed by atoms with Crippen LogP contribution in [0.15, 0.2) is 46.7 Å². The van der Waals surface area contributed by atoms with Crippen molar-refractivity contribution >= 4 is 21.4 Å². The number of piperazine rings is 1. The fourth-order valence-corrected chi connectivity index (χ4v) is 4.86. The summed E-state index contributed by atoms with van der Waals surface area (Å²) in [4.78, 5) is 5.65. The molecular formula is C17H22FN3O2S2. The lowest BCUT2D eigenvalue weighted by atomic mass is 10.2. The Morgan fingerprint density at radius 1 is 1.20 bits per heavy atom. The monoisotopic (exact) mass is 383 g/mol. The molecule has 1 aromatic heterocycles. The summed E-state index contributed by atoms with van der Waals surface area (Å²) in [6.07, 6.45) is 0. The smallest absolute Gasteiger partial charge is 0.240 e. The fraction of sp³-hybridized carbons (Fsp3) is 0.412. The van der Waals surface area contributed by atoms with Crippen LogP contribution in [-0.2, 0) is 10.0 Å². The lowest BCUT2D eigenvalue weighted by Gasteiger charge is -2.37. The van der Waals surface area contributed by atoms with Crippen molar-refractivity contribution in [3.63, 3.8) is 0 Å². The maximum Gasteiger partial charge on any atom is 0.240 e. The Bertz CT molecular complexity index is 788. The van der Waals surface area contributed by atoms with Gasteiger partial charge in [-0.05, 0) is 36.7 Å². The van der Waals surface area contributed by atoms with Crippen molar-refractivity contribution in [1.82, 2.24) is 14.5 Å². The largest absolute Gasteiger partial charge is 0.304 e. The summed E-state index contributed by atoms with van der Waals surface area (Å²) in [6.45, 7) is 3.96. The van der Waals surface area contributed by atoms with Gasteiger partial charge in [0.25, 0.3) is 0 Å². The molecule has 0 aliphatic carbocycles. The normalized spacial score (nSPS) is 18.3. The number of likely N-dealkylation sites (N-methyl/N-ethyl adjacent to an activating group) is 1. The third kappa shape index (κ3) is 4.65. The summed E-state index contributed by atoms with van der Waals surface area (Å²) in [5.74, 6) is -0.559. The number of rotatable bonds is 6. The first-order valence-electron chi connectivity index (χ1n) is 8.17. The van der Waals surface area contributed by atoms with Gasteiger partial charge in [0.1, 0.15) is 5.82 Å². The highest BCUT2D eigenvalue weighted by atomic mass is 32.2. The van der Waals surface area contributed by atoms with Crippen LogP contribution in [0.3, 0.4) is 0 Å². The molecule has 0 unspecified atom stereocenters. The van der Waals surface area contributed by atoms with Crippen LogP contribution in [0.4, 0.5) is 4.39 Å². The summed E-state index contributed by atoms with van der Waals surface area (Å²) < 4.78 is 41.0. The number of benzene rings is 1. The Hall–Kier alpha value is -1.32. The number of hydrogen-bond donors (Lipinski definition) is 1. The molecule has 1 aliphatic heterocycles. The summed E-state index contributed by atoms with van der Waals surface area (Å²) in [5.41, 5.74) is 0. The van der Waals surface area contributed by atoms with Crippen molar-refractivity contribution in [3.8, 4) is 0 Å². The van der Waals surface area contributed by atoms with Crippen molar-refractivity contribution in [3.05, 3.63) is 52.5 Å². The Labute approximate surface area is 152 Å². The van der Waals surface area contributed by atoms with E-state index in [0.717, 1.165) is 37.1 Å². The first-order chi connectivity index (χ1) is 12.0. The average molecular weight is 384 g/mol. The highest BCUT2D eigenvalue weighted by Crippen LogP contribution is 2.26. The van der Waals surface area contributed by atoms with E-state index in [1.165, 1.54) is 18.2 Å². The molecule has 1 N–H and O–H groups in total. The summed E-state index contributed by atoms with van der Waals surface area (Å²) >= 11 is 1.62. The van der Waals surface area contributed by atoms with E-state index in [1.54, 1.807) is 11.3 Å². The van der Waals surface area contributed by atoms with Crippen molar-refractivity contribution in [2.75, 3.05) is 39.8 Å². The number of halogens is 1. The third-order valence-electron chi connectivity index (χ3n) is 4.42. The second-order valence-corrected chi connectivity index (χ2v) is 8.93. The van der Waals surface area contributed by atoms with Gasteiger partial charge < -0.3 is 4.90 Å². The van der Waals surface area contributed by atoms with Gasteiger partial charge in [-0.15, -0.1) is 11.3 Å². The molecule has 2 heterocycles. The number of nitrogens with zero attached hydrogens (tertiary/aromatic N) is 2. The zero-order valence-electron chi connectivity index (χ0n) is 14.1. The first kappa shape index (κ1) is 18.5. The van der Waals surface area contributed by atoms with Crippen LogP contribution in [0.25, 0.3) is 0 Å². The fourth-order valence-electron chi connectivity index (χ4n) is 2.93.